The number of piperidine rings is 1. The average molecular weight is 488 g/mol. The maximum Gasteiger partial charge on any atom is 0.251 e. The van der Waals surface area contributed by atoms with Crippen LogP contribution >= 0.6 is 11.3 Å². The van der Waals surface area contributed by atoms with Crippen molar-refractivity contribution in [2.24, 2.45) is 5.92 Å². The molecule has 1 amide bonds. The Labute approximate surface area is 200 Å². The van der Waals surface area contributed by atoms with Crippen molar-refractivity contribution < 1.29 is 18.4 Å². The molecule has 4 rings (SSSR count). The van der Waals surface area contributed by atoms with E-state index in [-0.39, 0.29) is 16.6 Å². The first kappa shape index (κ1) is 24.0. The van der Waals surface area contributed by atoms with Crippen LogP contribution in [0.1, 0.15) is 39.3 Å². The third kappa shape index (κ3) is 5.34. The molecule has 1 aliphatic heterocycles. The highest BCUT2D eigenvalue weighted by molar-refractivity contribution is 7.18. The highest BCUT2D eigenvalue weighted by Crippen LogP contribution is 2.34. The zero-order valence-electron chi connectivity index (χ0n) is 18.8. The summed E-state index contributed by atoms with van der Waals surface area (Å²) in [5.41, 5.74) is 7.02. The second-order valence-electron chi connectivity index (χ2n) is 8.50. The zero-order valence-corrected chi connectivity index (χ0v) is 19.6. The molecule has 2 heterocycles. The largest absolute Gasteiger partial charge is 0.382 e. The summed E-state index contributed by atoms with van der Waals surface area (Å²) in [6, 6.07) is 7.16. The number of hydrogen-bond donors (Lipinski definition) is 3. The Bertz CT molecular complexity index is 1120. The van der Waals surface area contributed by atoms with Crippen molar-refractivity contribution in [3.63, 3.8) is 0 Å². The van der Waals surface area contributed by atoms with Gasteiger partial charge in [-0.3, -0.25) is 9.59 Å². The molecule has 0 saturated carbocycles. The Morgan fingerprint density at radius 2 is 2.03 bits per heavy atom. The Kier molecular flexibility index (Phi) is 7.38. The van der Waals surface area contributed by atoms with Crippen LogP contribution in [-0.2, 0) is 0 Å². The summed E-state index contributed by atoms with van der Waals surface area (Å²) < 4.78 is 28.2. The molecule has 1 saturated heterocycles. The van der Waals surface area contributed by atoms with Crippen molar-refractivity contribution in [1.82, 2.24) is 15.2 Å². The number of amides is 1. The fourth-order valence-electron chi connectivity index (χ4n) is 4.14. The van der Waals surface area contributed by atoms with E-state index in [1.54, 1.807) is 24.3 Å². The molecule has 0 spiro atoms. The second kappa shape index (κ2) is 10.4. The second-order valence-corrected chi connectivity index (χ2v) is 9.50. The number of alkyl halides is 1. The monoisotopic (exact) mass is 487 g/mol. The highest BCUT2D eigenvalue weighted by Gasteiger charge is 2.35. The number of likely N-dealkylation sites (tertiary alicyclic amines) is 1. The summed E-state index contributed by atoms with van der Waals surface area (Å²) in [5.74, 6) is -3.37. The number of thiazole rings is 1. The fraction of sp³-hybridized carbons (Fsp3) is 0.375. The number of allylic oxidation sites excluding steroid dienone is 4. The van der Waals surface area contributed by atoms with E-state index in [9.17, 15) is 18.4 Å². The minimum absolute atomic E-state index is 0.00215. The van der Waals surface area contributed by atoms with Gasteiger partial charge in [0.25, 0.3) is 5.91 Å². The highest BCUT2D eigenvalue weighted by atomic mass is 32.1. The van der Waals surface area contributed by atoms with E-state index in [0.29, 0.717) is 29.0 Å². The number of nitrogens with one attached hydrogen (secondary N) is 2. The lowest BCUT2D eigenvalue weighted by Crippen LogP contribution is -2.44. The van der Waals surface area contributed by atoms with E-state index in [4.69, 9.17) is 5.73 Å². The predicted octanol–water partition coefficient (Wildman–Crippen LogP) is 4.24. The molecule has 2 aliphatic rings. The van der Waals surface area contributed by atoms with Crippen LogP contribution in [0.3, 0.4) is 0 Å². The number of aromatic nitrogens is 1. The Balaban J connectivity index is 1.37. The maximum absolute atomic E-state index is 14.1. The molecule has 10 heteroatoms. The standard InChI is InChI=1S/C24H27F2N5O2S/c1-31-12-3-2-5-16(31)13-28-23(33)14-8-10-15(11-9-14)29-24-30-22(27)21(34-24)20(32)19-17(25)6-4-7-18(19)26/h4,6-11,16-17,19H,2-3,5,12-13,27H2,1H3,(H,28,33)(H,29,30)/t16-,17?,19?/m0/s1. The van der Waals surface area contributed by atoms with Crippen molar-refractivity contribution in [1.29, 1.82) is 0 Å². The smallest absolute Gasteiger partial charge is 0.251 e. The van der Waals surface area contributed by atoms with Crippen molar-refractivity contribution in [3.8, 4) is 0 Å². The average Bonchev–Trinajstić information content (AvgIpc) is 3.18. The van der Waals surface area contributed by atoms with E-state index in [1.807, 2.05) is 0 Å². The van der Waals surface area contributed by atoms with E-state index in [1.165, 1.54) is 18.9 Å². The predicted molar refractivity (Wildman–Crippen MR) is 130 cm³/mol. The molecule has 0 radical (unpaired) electrons. The van der Waals surface area contributed by atoms with Crippen molar-refractivity contribution >= 4 is 39.7 Å². The first-order valence-corrected chi connectivity index (χ1v) is 12.0. The molecular weight excluding hydrogens is 460 g/mol. The van der Waals surface area contributed by atoms with Crippen molar-refractivity contribution in [2.45, 2.75) is 31.5 Å². The van der Waals surface area contributed by atoms with Crippen LogP contribution in [0, 0.1) is 5.92 Å². The van der Waals surface area contributed by atoms with Gasteiger partial charge >= 0.3 is 0 Å². The van der Waals surface area contributed by atoms with Crippen LogP contribution in [0.15, 0.2) is 48.3 Å². The van der Waals surface area contributed by atoms with Gasteiger partial charge in [-0.1, -0.05) is 23.8 Å². The lowest BCUT2D eigenvalue weighted by atomic mass is 9.92. The van der Waals surface area contributed by atoms with Crippen LogP contribution in [0.25, 0.3) is 0 Å². The topological polar surface area (TPSA) is 100 Å². The molecular formula is C24H27F2N5O2S. The molecule has 2 unspecified atom stereocenters. The van der Waals surface area contributed by atoms with E-state index in [2.05, 4.69) is 27.6 Å². The number of ketones is 1. The number of hydrogen-bond acceptors (Lipinski definition) is 7. The molecule has 1 aliphatic carbocycles. The number of halogens is 2. The van der Waals surface area contributed by atoms with Gasteiger partial charge in [-0.15, -0.1) is 0 Å². The fourth-order valence-corrected chi connectivity index (χ4v) is 5.02. The first-order valence-electron chi connectivity index (χ1n) is 11.2. The summed E-state index contributed by atoms with van der Waals surface area (Å²) in [5, 5.41) is 6.33. The van der Waals surface area contributed by atoms with Crippen LogP contribution in [0.5, 0.6) is 0 Å². The minimum atomic E-state index is -1.76. The van der Waals surface area contributed by atoms with Gasteiger partial charge in [0.2, 0.25) is 0 Å². The van der Waals surface area contributed by atoms with E-state index in [0.717, 1.165) is 36.5 Å². The SMILES string of the molecule is CN1CCCC[C@H]1CNC(=O)c1ccc(Nc2nc(N)c(C(=O)C3C(F)=CC=CC3F)s2)cc1. The van der Waals surface area contributed by atoms with Crippen LogP contribution in [0.2, 0.25) is 0 Å². The Hall–Kier alpha value is -3.11. The number of nitrogen functional groups attached to an aromatic ring is 1. The van der Waals surface area contributed by atoms with Gasteiger partial charge in [-0.05, 0) is 62.9 Å². The lowest BCUT2D eigenvalue weighted by Gasteiger charge is -2.32. The number of anilines is 3. The summed E-state index contributed by atoms with van der Waals surface area (Å²) in [4.78, 5) is 31.6. The Morgan fingerprint density at radius 3 is 2.74 bits per heavy atom. The van der Waals surface area contributed by atoms with Crippen LogP contribution in [0.4, 0.5) is 25.4 Å². The Morgan fingerprint density at radius 1 is 1.26 bits per heavy atom. The van der Waals surface area contributed by atoms with Crippen LogP contribution in [-0.4, -0.2) is 53.9 Å². The van der Waals surface area contributed by atoms with Crippen molar-refractivity contribution in [2.75, 3.05) is 31.2 Å². The van der Waals surface area contributed by atoms with Gasteiger partial charge in [0.1, 0.15) is 28.6 Å². The van der Waals surface area contributed by atoms with Gasteiger partial charge in [0, 0.05) is 23.8 Å². The number of benzene rings is 1. The number of carbonyl (C=O) groups is 2. The van der Waals surface area contributed by atoms with Gasteiger partial charge in [-0.25, -0.2) is 13.8 Å². The molecule has 4 N–H and O–H groups in total. The van der Waals surface area contributed by atoms with E-state index >= 15 is 0 Å². The normalized spacial score (nSPS) is 22.8. The molecule has 1 fully saturated rings. The molecule has 0 bridgehead atoms. The summed E-state index contributed by atoms with van der Waals surface area (Å²) in [7, 11) is 2.08. The lowest BCUT2D eigenvalue weighted by molar-refractivity contribution is 0.0881. The first-order chi connectivity index (χ1) is 16.3. The summed E-state index contributed by atoms with van der Waals surface area (Å²) >= 11 is 0.929. The van der Waals surface area contributed by atoms with Gasteiger partial charge in [-0.2, -0.15) is 0 Å². The van der Waals surface area contributed by atoms with Crippen LogP contribution < -0.4 is 16.4 Å². The molecule has 1 aromatic carbocycles. The van der Waals surface area contributed by atoms with Crippen molar-refractivity contribution in [3.05, 3.63) is 58.8 Å². The minimum Gasteiger partial charge on any atom is -0.382 e. The number of nitrogens with zero attached hydrogens (tertiary/aromatic N) is 2. The number of likely N-dealkylation sites (N-methyl/N-ethyl adjacent to an activating group) is 1. The third-order valence-corrected chi connectivity index (χ3v) is 7.14. The van der Waals surface area contributed by atoms with E-state index < -0.39 is 23.7 Å². The summed E-state index contributed by atoms with van der Waals surface area (Å²) in [6.45, 7) is 1.66. The third-order valence-electron chi connectivity index (χ3n) is 6.14. The molecule has 34 heavy (non-hydrogen) atoms. The number of Topliss-reactive ketones (excluding diaryl/α,β-unsaturated/α-hetero) is 1. The molecule has 7 nitrogen and oxygen atoms in total. The molecule has 2 aromatic rings. The number of carbonyl (C=O) groups excluding carboxylic acids is 2. The molecule has 180 valence electrons. The van der Waals surface area contributed by atoms with Gasteiger partial charge in [0.05, 0.1) is 0 Å². The quantitative estimate of drug-likeness (QED) is 0.505. The van der Waals surface area contributed by atoms with Gasteiger partial charge < -0.3 is 21.3 Å². The number of rotatable bonds is 7. The van der Waals surface area contributed by atoms with Gasteiger partial charge in [0.15, 0.2) is 10.9 Å². The maximum atomic E-state index is 14.1. The molecule has 1 aromatic heterocycles. The zero-order chi connectivity index (χ0) is 24.2. The molecule has 3 atom stereocenters. The number of nitrogens with two attached hydrogens (primary N) is 1. The summed E-state index contributed by atoms with van der Waals surface area (Å²) in [6.07, 6.45) is 5.13.